The van der Waals surface area contributed by atoms with Crippen molar-refractivity contribution in [3.63, 3.8) is 0 Å². The average molecular weight is 412 g/mol. The van der Waals surface area contributed by atoms with E-state index >= 15 is 0 Å². The second kappa shape index (κ2) is 7.68. The Bertz CT molecular complexity index is 1280. The van der Waals surface area contributed by atoms with Crippen molar-refractivity contribution in [1.82, 2.24) is 15.0 Å². The van der Waals surface area contributed by atoms with E-state index in [0.717, 1.165) is 35.9 Å². The van der Waals surface area contributed by atoms with Crippen LogP contribution in [0.1, 0.15) is 32.0 Å². The fourth-order valence-electron chi connectivity index (χ4n) is 4.03. The Morgan fingerprint density at radius 1 is 1.10 bits per heavy atom. The van der Waals surface area contributed by atoms with E-state index in [2.05, 4.69) is 38.1 Å². The lowest BCUT2D eigenvalue weighted by atomic mass is 9.99. The summed E-state index contributed by atoms with van der Waals surface area (Å²) in [7, 11) is 1.34. The number of anilines is 1. The molecule has 31 heavy (non-hydrogen) atoms. The van der Waals surface area contributed by atoms with Gasteiger partial charge >= 0.3 is 5.97 Å². The third-order valence-corrected chi connectivity index (χ3v) is 5.70. The van der Waals surface area contributed by atoms with Gasteiger partial charge in [0.15, 0.2) is 0 Å². The highest BCUT2D eigenvalue weighted by Crippen LogP contribution is 2.32. The number of benzene rings is 2. The number of ether oxygens (including phenoxy) is 1. The molecule has 0 saturated carbocycles. The van der Waals surface area contributed by atoms with E-state index in [-0.39, 0.29) is 0 Å². The number of aromatic nitrogens is 3. The molecule has 1 aliphatic heterocycles. The number of aromatic amines is 1. The Labute approximate surface area is 178 Å². The van der Waals surface area contributed by atoms with Crippen LogP contribution in [-0.2, 0) is 17.7 Å². The van der Waals surface area contributed by atoms with Gasteiger partial charge in [-0.05, 0) is 23.3 Å². The smallest absolute Gasteiger partial charge is 0.341 e. The van der Waals surface area contributed by atoms with Gasteiger partial charge in [-0.25, -0.2) is 14.8 Å². The van der Waals surface area contributed by atoms with Gasteiger partial charge in [0.1, 0.15) is 6.29 Å². The molecular weight excluding hydrogens is 392 g/mol. The highest BCUT2D eigenvalue weighted by Gasteiger charge is 2.23. The Balaban J connectivity index is 1.46. The van der Waals surface area contributed by atoms with Gasteiger partial charge in [-0.3, -0.25) is 4.79 Å². The fourth-order valence-corrected chi connectivity index (χ4v) is 4.03. The predicted octanol–water partition coefficient (Wildman–Crippen LogP) is 3.79. The lowest BCUT2D eigenvalue weighted by Crippen LogP contribution is -2.31. The van der Waals surface area contributed by atoms with Crippen LogP contribution in [0.5, 0.6) is 0 Å². The van der Waals surface area contributed by atoms with Crippen LogP contribution in [0, 0.1) is 0 Å². The van der Waals surface area contributed by atoms with Crippen LogP contribution in [0.4, 0.5) is 5.95 Å². The maximum atomic E-state index is 11.6. The standard InChI is InChI=1S/C24H20N4O3/c1-31-23(30)18-11-25-24(26-12-18)28-9-8-22-20(13-28)19-10-17(6-7-21(19)27-22)16-4-2-15(14-29)3-5-16/h2-7,10-12,14,27H,8-9,13H2,1H3. The number of carbonyl (C=O) groups excluding carboxylic acids is 2. The van der Waals surface area contributed by atoms with E-state index in [4.69, 9.17) is 4.74 Å². The van der Waals surface area contributed by atoms with E-state index in [0.29, 0.717) is 23.6 Å². The minimum Gasteiger partial charge on any atom is -0.465 e. The largest absolute Gasteiger partial charge is 0.465 e. The normalized spacial score (nSPS) is 13.1. The molecule has 7 nitrogen and oxygen atoms in total. The van der Waals surface area contributed by atoms with Gasteiger partial charge in [-0.2, -0.15) is 0 Å². The number of esters is 1. The molecule has 2 aromatic carbocycles. The third-order valence-electron chi connectivity index (χ3n) is 5.70. The molecule has 154 valence electrons. The Morgan fingerprint density at radius 3 is 2.55 bits per heavy atom. The van der Waals surface area contributed by atoms with Gasteiger partial charge in [0.25, 0.3) is 0 Å². The van der Waals surface area contributed by atoms with Crippen molar-refractivity contribution in [3.8, 4) is 11.1 Å². The number of hydrogen-bond donors (Lipinski definition) is 1. The molecule has 1 aliphatic rings. The first-order chi connectivity index (χ1) is 15.2. The van der Waals surface area contributed by atoms with E-state index in [1.54, 1.807) is 0 Å². The van der Waals surface area contributed by atoms with Crippen molar-refractivity contribution in [2.75, 3.05) is 18.6 Å². The molecule has 4 aromatic rings. The van der Waals surface area contributed by atoms with Gasteiger partial charge < -0.3 is 14.6 Å². The molecule has 0 amide bonds. The van der Waals surface area contributed by atoms with E-state index in [9.17, 15) is 9.59 Å². The molecule has 0 aliphatic carbocycles. The molecular formula is C24H20N4O3. The van der Waals surface area contributed by atoms with Gasteiger partial charge in [-0.15, -0.1) is 0 Å². The summed E-state index contributed by atoms with van der Waals surface area (Å²) >= 11 is 0. The molecule has 1 N–H and O–H groups in total. The van der Waals surface area contributed by atoms with Crippen molar-refractivity contribution < 1.29 is 14.3 Å². The average Bonchev–Trinajstić information content (AvgIpc) is 3.21. The minimum absolute atomic E-state index is 0.335. The van der Waals surface area contributed by atoms with Gasteiger partial charge in [0.2, 0.25) is 5.95 Å². The highest BCUT2D eigenvalue weighted by molar-refractivity contribution is 5.90. The third kappa shape index (κ3) is 3.44. The van der Waals surface area contributed by atoms with Gasteiger partial charge in [0.05, 0.1) is 12.7 Å². The summed E-state index contributed by atoms with van der Waals surface area (Å²) in [6.07, 6.45) is 4.71. The summed E-state index contributed by atoms with van der Waals surface area (Å²) in [6, 6.07) is 14.0. The summed E-state index contributed by atoms with van der Waals surface area (Å²) in [6.45, 7) is 1.47. The molecule has 2 aromatic heterocycles. The van der Waals surface area contributed by atoms with Crippen LogP contribution in [0.15, 0.2) is 54.9 Å². The number of nitrogens with one attached hydrogen (secondary N) is 1. The van der Waals surface area contributed by atoms with E-state index in [1.807, 2.05) is 24.3 Å². The molecule has 0 saturated heterocycles. The highest BCUT2D eigenvalue weighted by atomic mass is 16.5. The number of carbonyl (C=O) groups is 2. The molecule has 7 heteroatoms. The first-order valence-electron chi connectivity index (χ1n) is 10.0. The molecule has 0 unspecified atom stereocenters. The number of fused-ring (bicyclic) bond motifs is 3. The molecule has 0 radical (unpaired) electrons. The van der Waals surface area contributed by atoms with E-state index < -0.39 is 5.97 Å². The summed E-state index contributed by atoms with van der Waals surface area (Å²) < 4.78 is 4.71. The molecule has 3 heterocycles. The molecule has 0 bridgehead atoms. The zero-order chi connectivity index (χ0) is 21.4. The van der Waals surface area contributed by atoms with Gasteiger partial charge in [-0.1, -0.05) is 30.3 Å². The number of methoxy groups -OCH3 is 1. The summed E-state index contributed by atoms with van der Waals surface area (Å²) in [5.74, 6) is 0.145. The number of hydrogen-bond acceptors (Lipinski definition) is 6. The van der Waals surface area contributed by atoms with Crippen LogP contribution < -0.4 is 4.90 Å². The zero-order valence-corrected chi connectivity index (χ0v) is 17.0. The number of H-pyrrole nitrogens is 1. The van der Waals surface area contributed by atoms with Crippen molar-refractivity contribution in [2.24, 2.45) is 0 Å². The predicted molar refractivity (Wildman–Crippen MR) is 117 cm³/mol. The monoisotopic (exact) mass is 412 g/mol. The first kappa shape index (κ1) is 19.0. The van der Waals surface area contributed by atoms with Crippen molar-refractivity contribution >= 4 is 29.1 Å². The maximum Gasteiger partial charge on any atom is 0.341 e. The number of nitrogens with zero attached hydrogens (tertiary/aromatic N) is 3. The quantitative estimate of drug-likeness (QED) is 0.405. The van der Waals surface area contributed by atoms with Gasteiger partial charge in [0, 0.05) is 59.6 Å². The SMILES string of the molecule is COC(=O)c1cnc(N2CCc3[nH]c4ccc(-c5ccc(C=O)cc5)cc4c3C2)nc1. The van der Waals surface area contributed by atoms with Crippen LogP contribution in [0.2, 0.25) is 0 Å². The summed E-state index contributed by atoms with van der Waals surface area (Å²) in [4.78, 5) is 36.9. The fraction of sp³-hybridized carbons (Fsp3) is 0.167. The van der Waals surface area contributed by atoms with Crippen molar-refractivity contribution in [2.45, 2.75) is 13.0 Å². The number of rotatable bonds is 4. The van der Waals surface area contributed by atoms with Crippen LogP contribution in [-0.4, -0.2) is 40.9 Å². The lowest BCUT2D eigenvalue weighted by Gasteiger charge is -2.27. The Morgan fingerprint density at radius 2 is 1.84 bits per heavy atom. The van der Waals surface area contributed by atoms with Crippen molar-refractivity contribution in [3.05, 3.63) is 77.2 Å². The van der Waals surface area contributed by atoms with Crippen LogP contribution in [0.25, 0.3) is 22.0 Å². The first-order valence-corrected chi connectivity index (χ1v) is 10.0. The van der Waals surface area contributed by atoms with Crippen molar-refractivity contribution in [1.29, 1.82) is 0 Å². The molecule has 0 spiro atoms. The second-order valence-corrected chi connectivity index (χ2v) is 7.52. The molecule has 0 fully saturated rings. The number of aldehydes is 1. The summed E-state index contributed by atoms with van der Waals surface area (Å²) in [5, 5.41) is 1.17. The Kier molecular flexibility index (Phi) is 4.71. The lowest BCUT2D eigenvalue weighted by molar-refractivity contribution is 0.0599. The van der Waals surface area contributed by atoms with E-state index in [1.165, 1.54) is 36.1 Å². The van der Waals surface area contributed by atoms with Crippen LogP contribution in [0.3, 0.4) is 0 Å². The Hall–Kier alpha value is -4.00. The van der Waals surface area contributed by atoms with Crippen LogP contribution >= 0.6 is 0 Å². The maximum absolute atomic E-state index is 11.6. The second-order valence-electron chi connectivity index (χ2n) is 7.52. The minimum atomic E-state index is -0.446. The molecule has 5 rings (SSSR count). The molecule has 0 atom stereocenters. The summed E-state index contributed by atoms with van der Waals surface area (Å²) in [5.41, 5.74) is 6.72. The topological polar surface area (TPSA) is 88.2 Å². The zero-order valence-electron chi connectivity index (χ0n) is 17.0.